The van der Waals surface area contributed by atoms with E-state index < -0.39 is 17.5 Å². The lowest BCUT2D eigenvalue weighted by Crippen LogP contribution is -2.43. The molecule has 1 atom stereocenters. The summed E-state index contributed by atoms with van der Waals surface area (Å²) in [4.78, 5) is 36.9. The van der Waals surface area contributed by atoms with Crippen LogP contribution in [0, 0.1) is 11.6 Å². The Morgan fingerprint density at radius 1 is 1.10 bits per heavy atom. The standard InChI is InChI=1S/C27H29F2N7O3S/c1-35(2)15-20-4-3-11-36(20)27(38)33-23-14-25(31-16-30-23)39-22-10-9-19(13-21(22)29)32-26(40)34-24(37)12-17-5-7-18(28)8-6-17/h5-10,13-14,16,20H,3-4,11-12,15H2,1-2H3,(H,30,31,33,38)(H2,32,34,37,40)/t20-/m1/s1. The molecule has 2 heterocycles. The van der Waals surface area contributed by atoms with Crippen LogP contribution in [-0.4, -0.2) is 70.0 Å². The first-order chi connectivity index (χ1) is 19.2. The van der Waals surface area contributed by atoms with Crippen LogP contribution in [-0.2, 0) is 11.2 Å². The molecule has 0 unspecified atom stereocenters. The number of benzene rings is 2. The lowest BCUT2D eigenvalue weighted by atomic mass is 10.1. The predicted octanol–water partition coefficient (Wildman–Crippen LogP) is 4.16. The van der Waals surface area contributed by atoms with Crippen LogP contribution < -0.4 is 20.7 Å². The van der Waals surface area contributed by atoms with E-state index in [1.807, 2.05) is 19.0 Å². The number of amides is 3. The Kier molecular flexibility index (Phi) is 9.51. The number of aromatic nitrogens is 2. The normalized spacial score (nSPS) is 14.6. The van der Waals surface area contributed by atoms with Gasteiger partial charge in [-0.05, 0) is 69.0 Å². The van der Waals surface area contributed by atoms with Gasteiger partial charge in [0, 0.05) is 37.0 Å². The summed E-state index contributed by atoms with van der Waals surface area (Å²) in [5, 5.41) is 7.97. The number of nitrogens with zero attached hydrogens (tertiary/aromatic N) is 4. The average Bonchev–Trinajstić information content (AvgIpc) is 3.35. The van der Waals surface area contributed by atoms with Crippen molar-refractivity contribution in [2.75, 3.05) is 37.8 Å². The first kappa shape index (κ1) is 28.8. The number of ether oxygens (including phenoxy) is 1. The number of likely N-dealkylation sites (tertiary alicyclic amines) is 1. The molecular weight excluding hydrogens is 540 g/mol. The molecule has 10 nitrogen and oxygen atoms in total. The van der Waals surface area contributed by atoms with E-state index in [0.717, 1.165) is 25.5 Å². The minimum Gasteiger partial charge on any atom is -0.436 e. The number of likely N-dealkylation sites (N-methyl/N-ethyl adjacent to an activating group) is 1. The number of anilines is 2. The number of carbonyl (C=O) groups excluding carboxylic acids is 2. The largest absolute Gasteiger partial charge is 0.436 e. The highest BCUT2D eigenvalue weighted by molar-refractivity contribution is 7.80. The summed E-state index contributed by atoms with van der Waals surface area (Å²) in [6.45, 7) is 1.43. The van der Waals surface area contributed by atoms with Gasteiger partial charge in [-0.25, -0.2) is 23.5 Å². The first-order valence-corrected chi connectivity index (χ1v) is 12.9. The third-order valence-corrected chi connectivity index (χ3v) is 6.23. The molecule has 3 N–H and O–H groups in total. The zero-order chi connectivity index (χ0) is 28.6. The van der Waals surface area contributed by atoms with Crippen molar-refractivity contribution in [3.8, 4) is 11.6 Å². The molecule has 40 heavy (non-hydrogen) atoms. The Balaban J connectivity index is 1.31. The number of hydrogen-bond acceptors (Lipinski definition) is 7. The summed E-state index contributed by atoms with van der Waals surface area (Å²) in [7, 11) is 3.93. The van der Waals surface area contributed by atoms with E-state index in [1.165, 1.54) is 48.8 Å². The smallest absolute Gasteiger partial charge is 0.323 e. The van der Waals surface area contributed by atoms with Crippen molar-refractivity contribution in [3.63, 3.8) is 0 Å². The van der Waals surface area contributed by atoms with E-state index in [2.05, 4.69) is 25.9 Å². The molecule has 0 radical (unpaired) electrons. The maximum atomic E-state index is 14.8. The van der Waals surface area contributed by atoms with Crippen LogP contribution in [0.4, 0.5) is 25.1 Å². The van der Waals surface area contributed by atoms with E-state index in [9.17, 15) is 18.4 Å². The average molecular weight is 570 g/mol. The van der Waals surface area contributed by atoms with Gasteiger partial charge in [0.1, 0.15) is 18.0 Å². The topological polar surface area (TPSA) is 112 Å². The lowest BCUT2D eigenvalue weighted by Gasteiger charge is -2.27. The van der Waals surface area contributed by atoms with Crippen LogP contribution in [0.1, 0.15) is 18.4 Å². The molecule has 0 saturated carbocycles. The lowest BCUT2D eigenvalue weighted by molar-refractivity contribution is -0.119. The van der Waals surface area contributed by atoms with Crippen molar-refractivity contribution in [2.24, 2.45) is 0 Å². The molecule has 0 aliphatic carbocycles. The molecular formula is C27H29F2N7O3S. The minimum absolute atomic E-state index is 0.000684. The number of nitrogens with one attached hydrogen (secondary N) is 3. The highest BCUT2D eigenvalue weighted by Crippen LogP contribution is 2.27. The fourth-order valence-electron chi connectivity index (χ4n) is 4.25. The number of urea groups is 1. The van der Waals surface area contributed by atoms with E-state index in [1.54, 1.807) is 4.90 Å². The van der Waals surface area contributed by atoms with Gasteiger partial charge >= 0.3 is 6.03 Å². The number of thiocarbonyl (C=S) groups is 1. The molecule has 1 aliphatic heterocycles. The van der Waals surface area contributed by atoms with Crippen molar-refractivity contribution in [3.05, 3.63) is 72.1 Å². The number of halogens is 2. The molecule has 0 bridgehead atoms. The summed E-state index contributed by atoms with van der Waals surface area (Å²) >= 11 is 5.13. The van der Waals surface area contributed by atoms with Crippen LogP contribution >= 0.6 is 12.2 Å². The van der Waals surface area contributed by atoms with Crippen molar-refractivity contribution in [2.45, 2.75) is 25.3 Å². The Bertz CT molecular complexity index is 1370. The highest BCUT2D eigenvalue weighted by atomic mass is 32.1. The summed E-state index contributed by atoms with van der Waals surface area (Å²) in [5.41, 5.74) is 0.900. The van der Waals surface area contributed by atoms with E-state index in [-0.39, 0.29) is 46.7 Å². The predicted molar refractivity (Wildman–Crippen MR) is 150 cm³/mol. The van der Waals surface area contributed by atoms with Gasteiger partial charge in [0.25, 0.3) is 0 Å². The fourth-order valence-corrected chi connectivity index (χ4v) is 4.49. The van der Waals surface area contributed by atoms with Crippen molar-refractivity contribution < 1.29 is 23.1 Å². The fraction of sp³-hybridized carbons (Fsp3) is 0.296. The van der Waals surface area contributed by atoms with Crippen molar-refractivity contribution in [1.82, 2.24) is 25.1 Å². The van der Waals surface area contributed by atoms with Gasteiger partial charge in [-0.15, -0.1) is 0 Å². The third kappa shape index (κ3) is 8.13. The highest BCUT2D eigenvalue weighted by Gasteiger charge is 2.29. The SMILES string of the molecule is CN(C)C[C@H]1CCCN1C(=O)Nc1cc(Oc2ccc(NC(=S)NC(=O)Cc3ccc(F)cc3)cc2F)ncn1. The molecule has 1 aliphatic rings. The van der Waals surface area contributed by atoms with Gasteiger partial charge in [0.05, 0.1) is 6.42 Å². The first-order valence-electron chi connectivity index (χ1n) is 12.5. The van der Waals surface area contributed by atoms with Gasteiger partial charge in [0.15, 0.2) is 16.7 Å². The second kappa shape index (κ2) is 13.2. The number of rotatable bonds is 8. The minimum atomic E-state index is -0.710. The van der Waals surface area contributed by atoms with E-state index >= 15 is 0 Å². The zero-order valence-electron chi connectivity index (χ0n) is 22.0. The van der Waals surface area contributed by atoms with E-state index in [0.29, 0.717) is 12.1 Å². The van der Waals surface area contributed by atoms with Gasteiger partial charge < -0.3 is 25.2 Å². The van der Waals surface area contributed by atoms with Crippen molar-refractivity contribution in [1.29, 1.82) is 0 Å². The summed E-state index contributed by atoms with van der Waals surface area (Å²) in [5.74, 6) is -1.36. The Labute approximate surface area is 235 Å². The molecule has 3 amide bonds. The monoisotopic (exact) mass is 569 g/mol. The maximum Gasteiger partial charge on any atom is 0.323 e. The number of hydrogen-bond donors (Lipinski definition) is 3. The van der Waals surface area contributed by atoms with Gasteiger partial charge in [0.2, 0.25) is 11.8 Å². The molecule has 2 aromatic carbocycles. The van der Waals surface area contributed by atoms with Crippen LogP contribution in [0.5, 0.6) is 11.6 Å². The molecule has 4 rings (SSSR count). The van der Waals surface area contributed by atoms with Crippen LogP contribution in [0.15, 0.2) is 54.9 Å². The third-order valence-electron chi connectivity index (χ3n) is 6.03. The molecule has 0 spiro atoms. The quantitative estimate of drug-likeness (QED) is 0.347. The maximum absolute atomic E-state index is 14.8. The number of carbonyl (C=O) groups is 2. The van der Waals surface area contributed by atoms with Gasteiger partial charge in [-0.1, -0.05) is 12.1 Å². The van der Waals surface area contributed by atoms with E-state index in [4.69, 9.17) is 17.0 Å². The Morgan fingerprint density at radius 2 is 1.88 bits per heavy atom. The second-order valence-electron chi connectivity index (χ2n) is 9.48. The molecule has 1 saturated heterocycles. The zero-order valence-corrected chi connectivity index (χ0v) is 22.8. The molecule has 1 fully saturated rings. The van der Waals surface area contributed by atoms with Gasteiger partial charge in [-0.2, -0.15) is 0 Å². The molecule has 13 heteroatoms. The van der Waals surface area contributed by atoms with Crippen molar-refractivity contribution >= 4 is 40.8 Å². The molecule has 3 aromatic rings. The second-order valence-corrected chi connectivity index (χ2v) is 9.88. The molecule has 1 aromatic heterocycles. The summed E-state index contributed by atoms with van der Waals surface area (Å²) in [6.07, 6.45) is 3.08. The summed E-state index contributed by atoms with van der Waals surface area (Å²) in [6, 6.07) is 10.8. The van der Waals surface area contributed by atoms with Crippen LogP contribution in [0.3, 0.4) is 0 Å². The Hall–Kier alpha value is -4.23. The summed E-state index contributed by atoms with van der Waals surface area (Å²) < 4.78 is 33.4. The van der Waals surface area contributed by atoms with Crippen LogP contribution in [0.2, 0.25) is 0 Å². The Morgan fingerprint density at radius 3 is 2.60 bits per heavy atom. The van der Waals surface area contributed by atoms with Gasteiger partial charge in [-0.3, -0.25) is 10.1 Å². The molecule has 210 valence electrons. The van der Waals surface area contributed by atoms with Crippen LogP contribution in [0.25, 0.3) is 0 Å².